The molecule has 1 aliphatic heterocycles. The van der Waals surface area contributed by atoms with Crippen molar-refractivity contribution in [2.75, 3.05) is 4.90 Å². The zero-order valence-electron chi connectivity index (χ0n) is 12.6. The lowest BCUT2D eigenvalue weighted by Gasteiger charge is -2.38. The molecule has 2 rings (SSSR count). The molecule has 0 aliphatic carbocycles. The van der Waals surface area contributed by atoms with Crippen molar-refractivity contribution in [3.8, 4) is 0 Å². The van der Waals surface area contributed by atoms with Crippen molar-refractivity contribution in [3.05, 3.63) is 28.2 Å². The standard InChI is InChI=1S/C16H22BrNO2/c1-5-12-10-9-11-7-6-8-13(17)14(11)18(12)15(19)20-16(2,3)4/h6-8,12H,5,9-10H2,1-4H3. The van der Waals surface area contributed by atoms with Gasteiger partial charge in [0.05, 0.1) is 5.69 Å². The lowest BCUT2D eigenvalue weighted by atomic mass is 9.95. The lowest BCUT2D eigenvalue weighted by Crippen LogP contribution is -2.46. The van der Waals surface area contributed by atoms with Gasteiger partial charge in [-0.25, -0.2) is 4.79 Å². The highest BCUT2D eigenvalue weighted by Crippen LogP contribution is 2.38. The van der Waals surface area contributed by atoms with Gasteiger partial charge in [0.1, 0.15) is 5.60 Å². The van der Waals surface area contributed by atoms with Gasteiger partial charge in [-0.3, -0.25) is 4.90 Å². The smallest absolute Gasteiger partial charge is 0.415 e. The minimum atomic E-state index is -0.478. The summed E-state index contributed by atoms with van der Waals surface area (Å²) in [7, 11) is 0. The van der Waals surface area contributed by atoms with Crippen molar-refractivity contribution in [2.24, 2.45) is 0 Å². The summed E-state index contributed by atoms with van der Waals surface area (Å²) >= 11 is 3.58. The number of carbonyl (C=O) groups is 1. The molecule has 0 N–H and O–H groups in total. The first-order valence-corrected chi connectivity index (χ1v) is 7.92. The number of rotatable bonds is 1. The van der Waals surface area contributed by atoms with E-state index in [0.29, 0.717) is 0 Å². The molecule has 0 spiro atoms. The van der Waals surface area contributed by atoms with Gasteiger partial charge in [0.25, 0.3) is 0 Å². The molecule has 0 fully saturated rings. The first kappa shape index (κ1) is 15.4. The minimum Gasteiger partial charge on any atom is -0.443 e. The van der Waals surface area contributed by atoms with E-state index in [1.807, 2.05) is 37.8 Å². The minimum absolute atomic E-state index is 0.205. The summed E-state index contributed by atoms with van der Waals surface area (Å²) in [4.78, 5) is 14.4. The number of hydrogen-bond acceptors (Lipinski definition) is 2. The normalized spacial score (nSPS) is 18.6. The highest BCUT2D eigenvalue weighted by molar-refractivity contribution is 9.10. The zero-order valence-corrected chi connectivity index (χ0v) is 14.2. The zero-order chi connectivity index (χ0) is 14.9. The molecule has 20 heavy (non-hydrogen) atoms. The average molecular weight is 340 g/mol. The maximum atomic E-state index is 12.6. The number of amides is 1. The quantitative estimate of drug-likeness (QED) is 0.727. The number of hydrogen-bond donors (Lipinski definition) is 0. The van der Waals surface area contributed by atoms with Gasteiger partial charge in [0.15, 0.2) is 0 Å². The maximum Gasteiger partial charge on any atom is 0.415 e. The molecule has 0 saturated heterocycles. The van der Waals surface area contributed by atoms with Crippen LogP contribution in [0.15, 0.2) is 22.7 Å². The fourth-order valence-corrected chi connectivity index (χ4v) is 3.20. The van der Waals surface area contributed by atoms with Crippen LogP contribution in [0.2, 0.25) is 0 Å². The number of fused-ring (bicyclic) bond motifs is 1. The number of anilines is 1. The van der Waals surface area contributed by atoms with Crippen molar-refractivity contribution in [2.45, 2.75) is 58.6 Å². The third-order valence-electron chi connectivity index (χ3n) is 3.48. The van der Waals surface area contributed by atoms with Gasteiger partial charge in [0, 0.05) is 10.5 Å². The number of ether oxygens (including phenoxy) is 1. The Morgan fingerprint density at radius 3 is 2.75 bits per heavy atom. The van der Waals surface area contributed by atoms with Gasteiger partial charge in [-0.1, -0.05) is 19.1 Å². The van der Waals surface area contributed by atoms with E-state index in [1.54, 1.807) is 0 Å². The second-order valence-electron chi connectivity index (χ2n) is 6.20. The fraction of sp³-hybridized carbons (Fsp3) is 0.562. The summed E-state index contributed by atoms with van der Waals surface area (Å²) in [5.74, 6) is 0. The van der Waals surface area contributed by atoms with Crippen molar-refractivity contribution < 1.29 is 9.53 Å². The molecule has 4 heteroatoms. The number of nitrogens with zero attached hydrogens (tertiary/aromatic N) is 1. The SMILES string of the molecule is CCC1CCc2cccc(Br)c2N1C(=O)OC(C)(C)C. The van der Waals surface area contributed by atoms with E-state index >= 15 is 0 Å². The Morgan fingerprint density at radius 1 is 1.45 bits per heavy atom. The summed E-state index contributed by atoms with van der Waals surface area (Å²) in [6.07, 6.45) is 2.67. The van der Waals surface area contributed by atoms with Crippen molar-refractivity contribution >= 4 is 27.7 Å². The number of halogens is 1. The molecular weight excluding hydrogens is 318 g/mol. The highest BCUT2D eigenvalue weighted by atomic mass is 79.9. The predicted octanol–water partition coefficient (Wildman–Crippen LogP) is 4.92. The monoisotopic (exact) mass is 339 g/mol. The number of carbonyl (C=O) groups excluding carboxylic acids is 1. The Balaban J connectivity index is 2.41. The van der Waals surface area contributed by atoms with E-state index in [0.717, 1.165) is 29.4 Å². The molecule has 1 aliphatic rings. The van der Waals surface area contributed by atoms with E-state index in [9.17, 15) is 4.79 Å². The first-order valence-electron chi connectivity index (χ1n) is 7.13. The van der Waals surface area contributed by atoms with Gasteiger partial charge >= 0.3 is 6.09 Å². The van der Waals surface area contributed by atoms with E-state index in [4.69, 9.17) is 4.74 Å². The van der Waals surface area contributed by atoms with Crippen LogP contribution in [-0.4, -0.2) is 17.7 Å². The van der Waals surface area contributed by atoms with Gasteiger partial charge < -0.3 is 4.74 Å². The van der Waals surface area contributed by atoms with E-state index in [2.05, 4.69) is 28.9 Å². The van der Waals surface area contributed by atoms with Gasteiger partial charge in [0.2, 0.25) is 0 Å². The summed E-state index contributed by atoms with van der Waals surface area (Å²) in [6.45, 7) is 7.81. The van der Waals surface area contributed by atoms with E-state index < -0.39 is 5.60 Å². The van der Waals surface area contributed by atoms with Gasteiger partial charge in [-0.2, -0.15) is 0 Å². The second kappa shape index (κ2) is 5.76. The van der Waals surface area contributed by atoms with Gasteiger partial charge in [-0.15, -0.1) is 0 Å². The van der Waals surface area contributed by atoms with Crippen LogP contribution < -0.4 is 4.90 Å². The van der Waals surface area contributed by atoms with Gasteiger partial charge in [-0.05, 0) is 67.6 Å². The third kappa shape index (κ3) is 3.17. The van der Waals surface area contributed by atoms with E-state index in [-0.39, 0.29) is 12.1 Å². The van der Waals surface area contributed by atoms with Crippen LogP contribution >= 0.6 is 15.9 Å². The largest absolute Gasteiger partial charge is 0.443 e. The molecule has 1 heterocycles. The van der Waals surface area contributed by atoms with Crippen LogP contribution in [0.1, 0.15) is 46.1 Å². The molecule has 1 atom stereocenters. The van der Waals surface area contributed by atoms with Crippen LogP contribution in [0.5, 0.6) is 0 Å². The highest BCUT2D eigenvalue weighted by Gasteiger charge is 2.34. The summed E-state index contributed by atoms with van der Waals surface area (Å²) in [5, 5.41) is 0. The Morgan fingerprint density at radius 2 is 2.15 bits per heavy atom. The molecule has 0 saturated carbocycles. The number of aryl methyl sites for hydroxylation is 1. The summed E-state index contributed by atoms with van der Waals surface area (Å²) < 4.78 is 6.54. The first-order chi connectivity index (χ1) is 9.33. The van der Waals surface area contributed by atoms with Crippen LogP contribution in [0.25, 0.3) is 0 Å². The average Bonchev–Trinajstić information content (AvgIpc) is 2.35. The molecule has 1 aromatic rings. The summed E-state index contributed by atoms with van der Waals surface area (Å²) in [5.41, 5.74) is 1.70. The second-order valence-corrected chi connectivity index (χ2v) is 7.05. The maximum absolute atomic E-state index is 12.6. The molecule has 3 nitrogen and oxygen atoms in total. The van der Waals surface area contributed by atoms with Crippen LogP contribution in [0, 0.1) is 0 Å². The Hall–Kier alpha value is -1.03. The van der Waals surface area contributed by atoms with Crippen LogP contribution in [0.4, 0.5) is 10.5 Å². The van der Waals surface area contributed by atoms with E-state index in [1.165, 1.54) is 5.56 Å². The molecule has 1 unspecified atom stereocenters. The molecular formula is C16H22BrNO2. The lowest BCUT2D eigenvalue weighted by molar-refractivity contribution is 0.0559. The molecule has 110 valence electrons. The predicted molar refractivity (Wildman–Crippen MR) is 85.3 cm³/mol. The Labute approximate surface area is 129 Å². The Kier molecular flexibility index (Phi) is 4.43. The third-order valence-corrected chi connectivity index (χ3v) is 4.12. The fourth-order valence-electron chi connectivity index (χ4n) is 2.60. The molecule has 0 radical (unpaired) electrons. The summed E-state index contributed by atoms with van der Waals surface area (Å²) in [6, 6.07) is 6.29. The van der Waals surface area contributed by atoms with Crippen molar-refractivity contribution in [3.63, 3.8) is 0 Å². The molecule has 0 bridgehead atoms. The molecule has 1 amide bonds. The Bertz CT molecular complexity index is 508. The number of para-hydroxylation sites is 1. The van der Waals surface area contributed by atoms with Crippen LogP contribution in [0.3, 0.4) is 0 Å². The van der Waals surface area contributed by atoms with Crippen molar-refractivity contribution in [1.82, 2.24) is 0 Å². The molecule has 0 aromatic heterocycles. The van der Waals surface area contributed by atoms with Crippen LogP contribution in [-0.2, 0) is 11.2 Å². The number of benzene rings is 1. The van der Waals surface area contributed by atoms with Crippen molar-refractivity contribution in [1.29, 1.82) is 0 Å². The molecule has 1 aromatic carbocycles. The topological polar surface area (TPSA) is 29.5 Å².